The summed E-state index contributed by atoms with van der Waals surface area (Å²) in [4.78, 5) is 48.2. The number of aromatic nitrogens is 2. The van der Waals surface area contributed by atoms with Gasteiger partial charge in [0.2, 0.25) is 0 Å². The van der Waals surface area contributed by atoms with E-state index >= 15 is 0 Å². The number of halogens is 1. The van der Waals surface area contributed by atoms with E-state index in [0.717, 1.165) is 28.9 Å². The van der Waals surface area contributed by atoms with Crippen LogP contribution >= 0.6 is 0 Å². The molecule has 0 aliphatic heterocycles. The summed E-state index contributed by atoms with van der Waals surface area (Å²) in [6.45, 7) is 3.10. The number of rotatable bonds is 6. The predicted molar refractivity (Wildman–Crippen MR) is 112 cm³/mol. The van der Waals surface area contributed by atoms with Gasteiger partial charge in [-0.25, -0.2) is 9.18 Å². The van der Waals surface area contributed by atoms with Gasteiger partial charge in [-0.3, -0.25) is 19.7 Å². The molecule has 3 aromatic rings. The number of nitro groups is 1. The van der Waals surface area contributed by atoms with Gasteiger partial charge in [-0.15, -0.1) is 0 Å². The van der Waals surface area contributed by atoms with Crippen LogP contribution in [0.3, 0.4) is 0 Å². The molecule has 3 rings (SSSR count). The Hall–Kier alpha value is -4.41. The molecule has 1 heterocycles. The van der Waals surface area contributed by atoms with Gasteiger partial charge < -0.3 is 10.1 Å². The molecule has 0 fully saturated rings. The first kappa shape index (κ1) is 22.3. The molecular formula is C21H17FN4O6. The van der Waals surface area contributed by atoms with Crippen LogP contribution in [0.25, 0.3) is 5.69 Å². The molecule has 2 aromatic carbocycles. The van der Waals surface area contributed by atoms with Crippen molar-refractivity contribution in [2.45, 2.75) is 13.8 Å². The second-order valence-corrected chi connectivity index (χ2v) is 6.57. The zero-order chi connectivity index (χ0) is 23.4. The van der Waals surface area contributed by atoms with Gasteiger partial charge in [0.25, 0.3) is 17.2 Å². The van der Waals surface area contributed by atoms with E-state index in [1.54, 1.807) is 6.92 Å². The largest absolute Gasteiger partial charge is 0.461 e. The van der Waals surface area contributed by atoms with Crippen LogP contribution in [0.5, 0.6) is 0 Å². The monoisotopic (exact) mass is 440 g/mol. The first-order valence-corrected chi connectivity index (χ1v) is 9.35. The number of carbonyl (C=O) groups is 2. The number of esters is 1. The highest BCUT2D eigenvalue weighted by molar-refractivity contribution is 6.07. The molecule has 1 N–H and O–H groups in total. The highest BCUT2D eigenvalue weighted by Gasteiger charge is 2.22. The molecule has 0 radical (unpaired) electrons. The van der Waals surface area contributed by atoms with Crippen LogP contribution in [0.4, 0.5) is 15.8 Å². The first-order chi connectivity index (χ1) is 15.2. The summed E-state index contributed by atoms with van der Waals surface area (Å²) in [7, 11) is 0. The smallest absolute Gasteiger partial charge is 0.360 e. The van der Waals surface area contributed by atoms with Crippen molar-refractivity contribution in [2.75, 3.05) is 11.9 Å². The van der Waals surface area contributed by atoms with E-state index in [-0.39, 0.29) is 34.9 Å². The zero-order valence-corrected chi connectivity index (χ0v) is 17.0. The third-order valence-corrected chi connectivity index (χ3v) is 4.39. The second-order valence-electron chi connectivity index (χ2n) is 6.57. The second kappa shape index (κ2) is 9.16. The Labute approximate surface area is 180 Å². The number of benzene rings is 2. The molecule has 0 unspecified atom stereocenters. The van der Waals surface area contributed by atoms with Crippen molar-refractivity contribution in [3.8, 4) is 5.69 Å². The minimum atomic E-state index is -0.909. The third-order valence-electron chi connectivity index (χ3n) is 4.39. The minimum absolute atomic E-state index is 0.00767. The van der Waals surface area contributed by atoms with E-state index < -0.39 is 28.2 Å². The van der Waals surface area contributed by atoms with Crippen molar-refractivity contribution in [3.63, 3.8) is 0 Å². The maximum Gasteiger partial charge on any atom is 0.360 e. The lowest BCUT2D eigenvalue weighted by atomic mass is 10.1. The van der Waals surface area contributed by atoms with Crippen molar-refractivity contribution >= 4 is 23.3 Å². The molecule has 0 spiro atoms. The summed E-state index contributed by atoms with van der Waals surface area (Å²) < 4.78 is 19.0. The Morgan fingerprint density at radius 3 is 2.50 bits per heavy atom. The lowest BCUT2D eigenvalue weighted by Gasteiger charge is -2.12. The van der Waals surface area contributed by atoms with E-state index in [1.807, 2.05) is 0 Å². The highest BCUT2D eigenvalue weighted by Crippen LogP contribution is 2.21. The van der Waals surface area contributed by atoms with E-state index in [9.17, 15) is 28.9 Å². The van der Waals surface area contributed by atoms with Crippen LogP contribution in [0, 0.1) is 22.9 Å². The summed E-state index contributed by atoms with van der Waals surface area (Å²) in [5, 5.41) is 17.5. The van der Waals surface area contributed by atoms with Gasteiger partial charge in [0, 0.05) is 23.3 Å². The van der Waals surface area contributed by atoms with Crippen molar-refractivity contribution in [1.29, 1.82) is 0 Å². The number of aryl methyl sites for hydroxylation is 1. The molecule has 0 saturated heterocycles. The van der Waals surface area contributed by atoms with Gasteiger partial charge in [-0.05, 0) is 44.2 Å². The molecule has 10 nitrogen and oxygen atoms in total. The van der Waals surface area contributed by atoms with Crippen LogP contribution in [-0.4, -0.2) is 33.2 Å². The third kappa shape index (κ3) is 4.67. The maximum atomic E-state index is 13.2. The maximum absolute atomic E-state index is 13.2. The lowest BCUT2D eigenvalue weighted by Crippen LogP contribution is -2.27. The van der Waals surface area contributed by atoms with E-state index in [1.165, 1.54) is 31.2 Å². The van der Waals surface area contributed by atoms with Crippen molar-refractivity contribution in [1.82, 2.24) is 9.78 Å². The fraction of sp³-hybridized carbons (Fsp3) is 0.143. The van der Waals surface area contributed by atoms with Crippen LogP contribution in [0.15, 0.2) is 53.3 Å². The fourth-order valence-electron chi connectivity index (χ4n) is 2.81. The minimum Gasteiger partial charge on any atom is -0.461 e. The average molecular weight is 440 g/mol. The van der Waals surface area contributed by atoms with E-state index in [0.29, 0.717) is 5.56 Å². The van der Waals surface area contributed by atoms with Gasteiger partial charge in [-0.1, -0.05) is 6.07 Å². The number of hydrogen-bond acceptors (Lipinski definition) is 7. The number of nitrogens with one attached hydrogen (secondary N) is 1. The molecule has 164 valence electrons. The van der Waals surface area contributed by atoms with Gasteiger partial charge >= 0.3 is 5.97 Å². The van der Waals surface area contributed by atoms with E-state index in [4.69, 9.17) is 4.74 Å². The number of anilines is 1. The van der Waals surface area contributed by atoms with Crippen LogP contribution in [0.2, 0.25) is 0 Å². The SMILES string of the molecule is CCOC(=O)c1nn(-c2ccc(F)cc2)c(=O)cc1NC(=O)c1ccc(C)c([N+](=O)[O-])c1. The number of hydrogen-bond donors (Lipinski definition) is 1. The Morgan fingerprint density at radius 2 is 1.88 bits per heavy atom. The topological polar surface area (TPSA) is 133 Å². The van der Waals surface area contributed by atoms with Crippen LogP contribution in [-0.2, 0) is 4.74 Å². The predicted octanol–water partition coefficient (Wildman–Crippen LogP) is 3.02. The molecule has 0 saturated carbocycles. The molecule has 0 bridgehead atoms. The molecule has 1 amide bonds. The molecule has 0 aliphatic rings. The highest BCUT2D eigenvalue weighted by atomic mass is 19.1. The van der Waals surface area contributed by atoms with Gasteiger partial charge in [0.1, 0.15) is 5.82 Å². The molecule has 1 aromatic heterocycles. The van der Waals surface area contributed by atoms with Crippen molar-refractivity contribution in [3.05, 3.63) is 91.6 Å². The van der Waals surface area contributed by atoms with Crippen molar-refractivity contribution in [2.24, 2.45) is 0 Å². The number of amides is 1. The fourth-order valence-corrected chi connectivity index (χ4v) is 2.81. The number of nitro benzene ring substituents is 1. The molecule has 0 atom stereocenters. The standard InChI is InChI=1S/C21H17FN4O6/c1-3-32-21(29)19-16(11-18(27)25(24-19)15-8-6-14(22)7-9-15)23-20(28)13-5-4-12(2)17(10-13)26(30)31/h4-11H,3H2,1-2H3,(H,23,28). The zero-order valence-electron chi connectivity index (χ0n) is 17.0. The van der Waals surface area contributed by atoms with Crippen molar-refractivity contribution < 1.29 is 23.6 Å². The first-order valence-electron chi connectivity index (χ1n) is 9.35. The Bertz CT molecular complexity index is 1270. The Balaban J connectivity index is 2.04. The van der Waals surface area contributed by atoms with Crippen LogP contribution < -0.4 is 10.9 Å². The normalized spacial score (nSPS) is 10.5. The Morgan fingerprint density at radius 1 is 1.19 bits per heavy atom. The molecule has 32 heavy (non-hydrogen) atoms. The summed E-state index contributed by atoms with van der Waals surface area (Å²) >= 11 is 0. The van der Waals surface area contributed by atoms with Crippen LogP contribution in [0.1, 0.15) is 33.3 Å². The summed E-state index contributed by atoms with van der Waals surface area (Å²) in [5.74, 6) is -2.23. The van der Waals surface area contributed by atoms with Gasteiger partial charge in [-0.2, -0.15) is 9.78 Å². The quantitative estimate of drug-likeness (QED) is 0.354. The summed E-state index contributed by atoms with van der Waals surface area (Å²) in [6.07, 6.45) is 0. The Kier molecular flexibility index (Phi) is 6.38. The van der Waals surface area contributed by atoms with E-state index in [2.05, 4.69) is 10.4 Å². The number of ether oxygens (including phenoxy) is 1. The van der Waals surface area contributed by atoms with Gasteiger partial charge in [0.05, 0.1) is 22.9 Å². The average Bonchev–Trinajstić information content (AvgIpc) is 2.75. The van der Waals surface area contributed by atoms with Gasteiger partial charge in [0.15, 0.2) is 5.69 Å². The molecule has 11 heteroatoms. The number of nitrogens with zero attached hydrogens (tertiary/aromatic N) is 3. The lowest BCUT2D eigenvalue weighted by molar-refractivity contribution is -0.385. The molecular weight excluding hydrogens is 423 g/mol. The summed E-state index contributed by atoms with van der Waals surface area (Å²) in [6, 6.07) is 9.65. The molecule has 0 aliphatic carbocycles. The summed E-state index contributed by atoms with van der Waals surface area (Å²) in [5.41, 5.74) is -1.08. The number of carbonyl (C=O) groups excluding carboxylic acids is 2.